The Hall–Kier alpha value is -2.57. The number of amides is 1. The van der Waals surface area contributed by atoms with Gasteiger partial charge >= 0.3 is 0 Å². The molecule has 0 saturated carbocycles. The zero-order valence-corrected chi connectivity index (χ0v) is 17.7. The van der Waals surface area contributed by atoms with Gasteiger partial charge < -0.3 is 14.2 Å². The molecule has 4 rings (SSSR count). The van der Waals surface area contributed by atoms with Crippen LogP contribution in [0.25, 0.3) is 11.0 Å². The smallest absolute Gasteiger partial charge is 0.290 e. The Kier molecular flexibility index (Phi) is 5.48. The lowest BCUT2D eigenvalue weighted by molar-refractivity contribution is 0.0722. The first-order chi connectivity index (χ1) is 14.0. The number of rotatable bonds is 6. The van der Waals surface area contributed by atoms with Gasteiger partial charge in [-0.05, 0) is 63.1 Å². The normalized spacial score (nSPS) is 16.1. The van der Waals surface area contributed by atoms with Gasteiger partial charge in [-0.15, -0.1) is 11.8 Å². The maximum atomic E-state index is 13.3. The zero-order chi connectivity index (χ0) is 20.5. The van der Waals surface area contributed by atoms with E-state index in [1.54, 1.807) is 28.8 Å². The van der Waals surface area contributed by atoms with E-state index >= 15 is 0 Å². The first-order valence-corrected chi connectivity index (χ1v) is 10.9. The Labute approximate surface area is 174 Å². The van der Waals surface area contributed by atoms with Crippen LogP contribution in [-0.2, 0) is 0 Å². The minimum atomic E-state index is -0.420. The van der Waals surface area contributed by atoms with Crippen LogP contribution in [0.5, 0.6) is 0 Å². The lowest BCUT2D eigenvalue weighted by Crippen LogP contribution is -2.32. The van der Waals surface area contributed by atoms with E-state index in [-0.39, 0.29) is 17.1 Å². The fourth-order valence-electron chi connectivity index (χ4n) is 3.89. The molecule has 1 atom stereocenters. The Morgan fingerprint density at radius 3 is 2.48 bits per heavy atom. The van der Waals surface area contributed by atoms with E-state index in [1.807, 2.05) is 56.7 Å². The summed E-state index contributed by atoms with van der Waals surface area (Å²) in [5, 5.41) is 0.514. The van der Waals surface area contributed by atoms with Gasteiger partial charge in [0.2, 0.25) is 5.76 Å². The first kappa shape index (κ1) is 19.7. The molecule has 0 saturated heterocycles. The third-order valence-corrected chi connectivity index (χ3v) is 6.05. The molecule has 29 heavy (non-hydrogen) atoms. The summed E-state index contributed by atoms with van der Waals surface area (Å²) in [6.07, 6.45) is 2.84. The number of benzene rings is 2. The number of thioether (sulfide) groups is 1. The van der Waals surface area contributed by atoms with Crippen molar-refractivity contribution in [1.82, 2.24) is 9.80 Å². The molecule has 0 N–H and O–H groups in total. The first-order valence-electron chi connectivity index (χ1n) is 9.66. The number of carbonyl (C=O) groups is 1. The average molecular weight is 409 g/mol. The van der Waals surface area contributed by atoms with Crippen molar-refractivity contribution in [2.24, 2.45) is 0 Å². The summed E-state index contributed by atoms with van der Waals surface area (Å²) in [6, 6.07) is 14.8. The molecule has 0 fully saturated rings. The van der Waals surface area contributed by atoms with Crippen molar-refractivity contribution in [3.8, 4) is 0 Å². The highest BCUT2D eigenvalue weighted by Crippen LogP contribution is 2.38. The monoisotopic (exact) mass is 408 g/mol. The molecule has 2 aromatic carbocycles. The summed E-state index contributed by atoms with van der Waals surface area (Å²) in [6.45, 7) is 1.42. The quantitative estimate of drug-likeness (QED) is 0.577. The van der Waals surface area contributed by atoms with Gasteiger partial charge in [0, 0.05) is 11.4 Å². The van der Waals surface area contributed by atoms with Gasteiger partial charge in [-0.25, -0.2) is 0 Å². The van der Waals surface area contributed by atoms with Crippen LogP contribution in [0.2, 0.25) is 0 Å². The van der Waals surface area contributed by atoms with Gasteiger partial charge in [-0.2, -0.15) is 0 Å². The predicted molar refractivity (Wildman–Crippen MR) is 117 cm³/mol. The summed E-state index contributed by atoms with van der Waals surface area (Å²) in [5.41, 5.74) is 1.72. The molecule has 1 aliphatic heterocycles. The van der Waals surface area contributed by atoms with Crippen molar-refractivity contribution in [1.29, 1.82) is 0 Å². The Morgan fingerprint density at radius 2 is 1.79 bits per heavy atom. The van der Waals surface area contributed by atoms with Gasteiger partial charge in [0.05, 0.1) is 17.0 Å². The largest absolute Gasteiger partial charge is 0.450 e. The van der Waals surface area contributed by atoms with Gasteiger partial charge in [-0.1, -0.05) is 24.3 Å². The highest BCUT2D eigenvalue weighted by atomic mass is 32.2. The molecular formula is C23H24N2O3S. The lowest BCUT2D eigenvalue weighted by atomic mass is 9.98. The molecule has 5 nitrogen and oxygen atoms in total. The second-order valence-electron chi connectivity index (χ2n) is 7.50. The third-order valence-electron chi connectivity index (χ3n) is 5.31. The van der Waals surface area contributed by atoms with Crippen molar-refractivity contribution < 1.29 is 9.21 Å². The molecule has 150 valence electrons. The van der Waals surface area contributed by atoms with Gasteiger partial charge in [0.1, 0.15) is 5.58 Å². The number of hydrogen-bond donors (Lipinski definition) is 0. The predicted octanol–water partition coefficient (Wildman–Crippen LogP) is 4.01. The van der Waals surface area contributed by atoms with Crippen LogP contribution in [0, 0.1) is 0 Å². The molecular weight excluding hydrogens is 384 g/mol. The van der Waals surface area contributed by atoms with E-state index in [1.165, 1.54) is 0 Å². The summed E-state index contributed by atoms with van der Waals surface area (Å²) in [4.78, 5) is 31.6. The third kappa shape index (κ3) is 3.58. The zero-order valence-electron chi connectivity index (χ0n) is 16.8. The Morgan fingerprint density at radius 1 is 1.07 bits per heavy atom. The van der Waals surface area contributed by atoms with Crippen LogP contribution in [0.15, 0.2) is 62.6 Å². The Balaban J connectivity index is 1.85. The molecule has 1 amide bonds. The van der Waals surface area contributed by atoms with E-state index in [0.29, 0.717) is 23.1 Å². The maximum Gasteiger partial charge on any atom is 0.290 e. The standard InChI is InChI=1S/C23H24N2O3S/c1-24(2)13-6-14-25-20(15-9-11-16(29-3)12-10-15)19-21(26)17-7-4-5-8-18(17)28-22(19)23(25)27/h4-5,7-12,20H,6,13-14H2,1-3H3. The molecule has 1 unspecified atom stereocenters. The van der Waals surface area contributed by atoms with E-state index in [9.17, 15) is 9.59 Å². The molecule has 6 heteroatoms. The van der Waals surface area contributed by atoms with Crippen molar-refractivity contribution in [2.75, 3.05) is 33.4 Å². The van der Waals surface area contributed by atoms with E-state index in [4.69, 9.17) is 4.42 Å². The van der Waals surface area contributed by atoms with Gasteiger partial charge in [0.25, 0.3) is 5.91 Å². The number of fused-ring (bicyclic) bond motifs is 2. The summed E-state index contributed by atoms with van der Waals surface area (Å²) in [7, 11) is 4.02. The van der Waals surface area contributed by atoms with Gasteiger partial charge in [0.15, 0.2) is 5.43 Å². The van der Waals surface area contributed by atoms with Crippen LogP contribution < -0.4 is 5.43 Å². The topological polar surface area (TPSA) is 53.8 Å². The molecule has 0 spiro atoms. The van der Waals surface area contributed by atoms with E-state index in [2.05, 4.69) is 4.90 Å². The van der Waals surface area contributed by atoms with Crippen LogP contribution >= 0.6 is 11.8 Å². The summed E-state index contributed by atoms with van der Waals surface area (Å²) < 4.78 is 5.95. The number of hydrogen-bond acceptors (Lipinski definition) is 5. The minimum absolute atomic E-state index is 0.121. The van der Waals surface area contributed by atoms with Crippen LogP contribution in [0.3, 0.4) is 0 Å². The molecule has 1 aliphatic rings. The van der Waals surface area contributed by atoms with Gasteiger partial charge in [-0.3, -0.25) is 9.59 Å². The van der Waals surface area contributed by atoms with Crippen molar-refractivity contribution >= 4 is 28.6 Å². The molecule has 1 aromatic heterocycles. The second-order valence-corrected chi connectivity index (χ2v) is 8.38. The van der Waals surface area contributed by atoms with Crippen LogP contribution in [0.1, 0.15) is 34.1 Å². The fraction of sp³-hybridized carbons (Fsp3) is 0.304. The Bertz CT molecular complexity index is 1110. The summed E-state index contributed by atoms with van der Waals surface area (Å²) >= 11 is 1.66. The van der Waals surface area contributed by atoms with Crippen molar-refractivity contribution in [3.63, 3.8) is 0 Å². The number of carbonyl (C=O) groups excluding carboxylic acids is 1. The molecule has 2 heterocycles. The van der Waals surface area contributed by atoms with Crippen molar-refractivity contribution in [3.05, 3.63) is 75.6 Å². The molecule has 0 radical (unpaired) electrons. The average Bonchev–Trinajstić information content (AvgIpc) is 3.00. The van der Waals surface area contributed by atoms with Crippen LogP contribution in [-0.4, -0.2) is 49.1 Å². The lowest BCUT2D eigenvalue weighted by Gasteiger charge is -2.26. The molecule has 3 aromatic rings. The molecule has 0 aliphatic carbocycles. The minimum Gasteiger partial charge on any atom is -0.450 e. The number of nitrogens with zero attached hydrogens (tertiary/aromatic N) is 2. The summed E-state index contributed by atoms with van der Waals surface area (Å²) in [5.74, 6) is -0.0296. The molecule has 0 bridgehead atoms. The maximum absolute atomic E-state index is 13.3. The second kappa shape index (κ2) is 8.05. The highest BCUT2D eigenvalue weighted by Gasteiger charge is 2.42. The van der Waals surface area contributed by atoms with Crippen molar-refractivity contribution in [2.45, 2.75) is 17.4 Å². The number of para-hydroxylation sites is 1. The van der Waals surface area contributed by atoms with E-state index < -0.39 is 6.04 Å². The fourth-order valence-corrected chi connectivity index (χ4v) is 4.30. The van der Waals surface area contributed by atoms with E-state index in [0.717, 1.165) is 23.4 Å². The SMILES string of the molecule is CSc1ccc(C2c3c(oc4ccccc4c3=O)C(=O)N2CCCN(C)C)cc1. The van der Waals surface area contributed by atoms with Crippen LogP contribution in [0.4, 0.5) is 0 Å². The highest BCUT2D eigenvalue weighted by molar-refractivity contribution is 7.98.